The molecule has 0 aliphatic carbocycles. The molecule has 1 unspecified atom stereocenters. The monoisotopic (exact) mass is 209 g/mol. The Morgan fingerprint density at radius 1 is 1.57 bits per heavy atom. The first-order valence-corrected chi connectivity index (χ1v) is 5.67. The highest BCUT2D eigenvalue weighted by Crippen LogP contribution is 2.13. The van der Waals surface area contributed by atoms with Crippen molar-refractivity contribution in [1.82, 2.24) is 9.69 Å². The first-order chi connectivity index (χ1) is 6.84. The van der Waals surface area contributed by atoms with Gasteiger partial charge in [0.1, 0.15) is 0 Å². The van der Waals surface area contributed by atoms with Gasteiger partial charge in [0.15, 0.2) is 0 Å². The normalized spacial score (nSPS) is 22.1. The maximum atomic E-state index is 5.83. The molecular formula is C10H15N3S. The summed E-state index contributed by atoms with van der Waals surface area (Å²) < 4.78 is 4.08. The third-order valence-electron chi connectivity index (χ3n) is 2.37. The molecule has 0 saturated carbocycles. The van der Waals surface area contributed by atoms with Crippen LogP contribution >= 0.6 is 11.5 Å². The summed E-state index contributed by atoms with van der Waals surface area (Å²) in [5.74, 6) is 0. The molecule has 1 aromatic heterocycles. The molecule has 1 aliphatic rings. The second-order valence-corrected chi connectivity index (χ2v) is 4.52. The Morgan fingerprint density at radius 2 is 2.50 bits per heavy atom. The molecule has 1 aliphatic heterocycles. The molecule has 0 saturated heterocycles. The van der Waals surface area contributed by atoms with Gasteiger partial charge in [0.2, 0.25) is 0 Å². The van der Waals surface area contributed by atoms with Crippen LogP contribution in [0, 0.1) is 0 Å². The smallest absolute Gasteiger partial charge is 0.0409 e. The maximum absolute atomic E-state index is 5.83. The Bertz CT molecular complexity index is 305. The lowest BCUT2D eigenvalue weighted by molar-refractivity contribution is 0.619. The van der Waals surface area contributed by atoms with Gasteiger partial charge >= 0.3 is 0 Å². The molecule has 4 heteroatoms. The zero-order chi connectivity index (χ0) is 9.80. The van der Waals surface area contributed by atoms with E-state index in [2.05, 4.69) is 21.8 Å². The summed E-state index contributed by atoms with van der Waals surface area (Å²) in [5.41, 5.74) is 7.25. The SMILES string of the molecule is NC1C=C(CCc2ccns2)CNC1. The fourth-order valence-corrected chi connectivity index (χ4v) is 2.22. The lowest BCUT2D eigenvalue weighted by atomic mass is 10.0. The third kappa shape index (κ3) is 2.64. The van der Waals surface area contributed by atoms with Crippen molar-refractivity contribution >= 4 is 11.5 Å². The molecule has 0 amide bonds. The van der Waals surface area contributed by atoms with Crippen molar-refractivity contribution in [3.63, 3.8) is 0 Å². The number of hydrogen-bond donors (Lipinski definition) is 2. The lowest BCUT2D eigenvalue weighted by Gasteiger charge is -2.18. The highest BCUT2D eigenvalue weighted by Gasteiger charge is 2.08. The summed E-state index contributed by atoms with van der Waals surface area (Å²) >= 11 is 1.58. The Labute approximate surface area is 88.2 Å². The second kappa shape index (κ2) is 4.68. The van der Waals surface area contributed by atoms with Gasteiger partial charge in [0.05, 0.1) is 0 Å². The van der Waals surface area contributed by atoms with Gasteiger partial charge in [-0.25, -0.2) is 4.37 Å². The van der Waals surface area contributed by atoms with Crippen molar-refractivity contribution in [2.24, 2.45) is 5.73 Å². The molecule has 1 atom stereocenters. The van der Waals surface area contributed by atoms with Gasteiger partial charge in [-0.05, 0) is 30.4 Å². The molecule has 76 valence electrons. The number of rotatable bonds is 3. The fourth-order valence-electron chi connectivity index (χ4n) is 1.65. The second-order valence-electron chi connectivity index (χ2n) is 3.60. The van der Waals surface area contributed by atoms with Crippen molar-refractivity contribution < 1.29 is 0 Å². The minimum Gasteiger partial charge on any atom is -0.323 e. The van der Waals surface area contributed by atoms with Crippen molar-refractivity contribution in [3.05, 3.63) is 28.8 Å². The molecule has 0 aromatic carbocycles. The highest BCUT2D eigenvalue weighted by molar-refractivity contribution is 7.05. The first kappa shape index (κ1) is 9.83. The maximum Gasteiger partial charge on any atom is 0.0409 e. The van der Waals surface area contributed by atoms with Crippen molar-refractivity contribution in [1.29, 1.82) is 0 Å². The van der Waals surface area contributed by atoms with E-state index in [9.17, 15) is 0 Å². The van der Waals surface area contributed by atoms with Crippen LogP contribution < -0.4 is 11.1 Å². The third-order valence-corrected chi connectivity index (χ3v) is 3.17. The van der Waals surface area contributed by atoms with E-state index in [1.807, 2.05) is 6.20 Å². The largest absolute Gasteiger partial charge is 0.323 e. The van der Waals surface area contributed by atoms with Crippen LogP contribution in [-0.4, -0.2) is 23.5 Å². The summed E-state index contributed by atoms with van der Waals surface area (Å²) in [6.45, 7) is 1.90. The van der Waals surface area contributed by atoms with Gasteiger partial charge in [-0.3, -0.25) is 0 Å². The number of aryl methyl sites for hydroxylation is 1. The van der Waals surface area contributed by atoms with E-state index in [1.165, 1.54) is 10.5 Å². The molecule has 0 spiro atoms. The predicted molar refractivity (Wildman–Crippen MR) is 59.4 cm³/mol. The topological polar surface area (TPSA) is 50.9 Å². The highest BCUT2D eigenvalue weighted by atomic mass is 32.1. The van der Waals surface area contributed by atoms with Crippen LogP contribution in [0.5, 0.6) is 0 Å². The van der Waals surface area contributed by atoms with E-state index < -0.39 is 0 Å². The Morgan fingerprint density at radius 3 is 3.21 bits per heavy atom. The Hall–Kier alpha value is -0.710. The van der Waals surface area contributed by atoms with Crippen LogP contribution in [0.2, 0.25) is 0 Å². The Balaban J connectivity index is 1.86. The van der Waals surface area contributed by atoms with Crippen LogP contribution in [0.3, 0.4) is 0 Å². The van der Waals surface area contributed by atoms with Crippen molar-refractivity contribution in [3.8, 4) is 0 Å². The van der Waals surface area contributed by atoms with E-state index in [0.717, 1.165) is 25.9 Å². The van der Waals surface area contributed by atoms with Crippen LogP contribution in [0.25, 0.3) is 0 Å². The van der Waals surface area contributed by atoms with Gasteiger partial charge in [0.25, 0.3) is 0 Å². The number of aromatic nitrogens is 1. The zero-order valence-corrected chi connectivity index (χ0v) is 8.89. The van der Waals surface area contributed by atoms with Gasteiger partial charge in [0, 0.05) is 30.2 Å². The summed E-state index contributed by atoms with van der Waals surface area (Å²) in [6.07, 6.45) is 6.24. The molecule has 1 aromatic rings. The summed E-state index contributed by atoms with van der Waals surface area (Å²) in [6, 6.07) is 2.28. The standard InChI is InChI=1S/C10H15N3S/c11-9-5-8(6-12-7-9)1-2-10-3-4-13-14-10/h3-5,9,12H,1-2,6-7,11H2. The van der Waals surface area contributed by atoms with E-state index >= 15 is 0 Å². The molecule has 2 rings (SSSR count). The fraction of sp³-hybridized carbons (Fsp3) is 0.500. The molecule has 0 bridgehead atoms. The van der Waals surface area contributed by atoms with Crippen molar-refractivity contribution in [2.75, 3.05) is 13.1 Å². The molecule has 0 fully saturated rings. The predicted octanol–water partition coefficient (Wildman–Crippen LogP) is 0.933. The quantitative estimate of drug-likeness (QED) is 0.728. The van der Waals surface area contributed by atoms with Gasteiger partial charge in [-0.2, -0.15) is 0 Å². The number of hydrogen-bond acceptors (Lipinski definition) is 4. The van der Waals surface area contributed by atoms with Gasteiger partial charge in [-0.1, -0.05) is 11.6 Å². The molecular weight excluding hydrogens is 194 g/mol. The van der Waals surface area contributed by atoms with Crippen LogP contribution in [0.1, 0.15) is 11.3 Å². The minimum atomic E-state index is 0.195. The van der Waals surface area contributed by atoms with Gasteiger partial charge < -0.3 is 11.1 Å². The summed E-state index contributed by atoms with van der Waals surface area (Å²) in [7, 11) is 0. The van der Waals surface area contributed by atoms with Crippen LogP contribution in [0.15, 0.2) is 23.9 Å². The Kier molecular flexibility index (Phi) is 3.29. The average Bonchev–Trinajstić information content (AvgIpc) is 2.67. The molecule has 3 N–H and O–H groups in total. The average molecular weight is 209 g/mol. The van der Waals surface area contributed by atoms with Crippen LogP contribution in [0.4, 0.5) is 0 Å². The molecule has 2 heterocycles. The lowest BCUT2D eigenvalue weighted by Crippen LogP contribution is -2.37. The number of nitrogens with two attached hydrogens (primary N) is 1. The number of nitrogens with zero attached hydrogens (tertiary/aromatic N) is 1. The van der Waals surface area contributed by atoms with E-state index in [-0.39, 0.29) is 6.04 Å². The van der Waals surface area contributed by atoms with Gasteiger partial charge in [-0.15, -0.1) is 0 Å². The summed E-state index contributed by atoms with van der Waals surface area (Å²) in [5, 5.41) is 3.31. The molecule has 0 radical (unpaired) electrons. The first-order valence-electron chi connectivity index (χ1n) is 4.90. The van der Waals surface area contributed by atoms with Crippen LogP contribution in [-0.2, 0) is 6.42 Å². The van der Waals surface area contributed by atoms with E-state index in [0.29, 0.717) is 0 Å². The van der Waals surface area contributed by atoms with E-state index in [1.54, 1.807) is 11.5 Å². The van der Waals surface area contributed by atoms with Crippen molar-refractivity contribution in [2.45, 2.75) is 18.9 Å². The molecule has 14 heavy (non-hydrogen) atoms. The minimum absolute atomic E-state index is 0.195. The van der Waals surface area contributed by atoms with E-state index in [4.69, 9.17) is 5.73 Å². The molecule has 3 nitrogen and oxygen atoms in total. The number of nitrogens with one attached hydrogen (secondary N) is 1. The summed E-state index contributed by atoms with van der Waals surface area (Å²) in [4.78, 5) is 1.35. The zero-order valence-electron chi connectivity index (χ0n) is 8.07.